The average molecular weight is 273 g/mol. The van der Waals surface area contributed by atoms with Gasteiger partial charge in [-0.15, -0.1) is 0 Å². The number of hydrogen-bond acceptors (Lipinski definition) is 3. The number of carbonyl (C=O) groups excluding carboxylic acids is 1. The lowest BCUT2D eigenvalue weighted by atomic mass is 9.90. The first-order valence-electron chi connectivity index (χ1n) is 7.19. The average Bonchev–Trinajstić information content (AvgIpc) is 2.84. The van der Waals surface area contributed by atoms with E-state index in [1.54, 1.807) is 6.26 Å². The number of aliphatic hydroxyl groups is 1. The molecule has 0 radical (unpaired) electrons. The van der Waals surface area contributed by atoms with Crippen LogP contribution < -0.4 is 0 Å². The number of para-hydroxylation sites is 1. The van der Waals surface area contributed by atoms with Crippen molar-refractivity contribution in [3.05, 3.63) is 36.1 Å². The van der Waals surface area contributed by atoms with E-state index in [1.807, 2.05) is 29.2 Å². The van der Waals surface area contributed by atoms with Crippen molar-refractivity contribution in [2.75, 3.05) is 13.2 Å². The number of carbonyl (C=O) groups is 1. The van der Waals surface area contributed by atoms with Crippen molar-refractivity contribution in [1.29, 1.82) is 0 Å². The van der Waals surface area contributed by atoms with E-state index in [4.69, 9.17) is 9.52 Å². The number of benzene rings is 1. The van der Waals surface area contributed by atoms with E-state index in [0.29, 0.717) is 24.6 Å². The standard InChI is InChI=1S/C16H19NO3/c18-10-4-9-17(12-5-3-6-12)16(19)14-11-20-15-8-2-1-7-13(14)15/h1-2,7-8,11-12,18H,3-6,9-10H2. The highest BCUT2D eigenvalue weighted by Gasteiger charge is 2.30. The van der Waals surface area contributed by atoms with Crippen LogP contribution in [0.2, 0.25) is 0 Å². The highest BCUT2D eigenvalue weighted by molar-refractivity contribution is 6.06. The van der Waals surface area contributed by atoms with Gasteiger partial charge in [0.25, 0.3) is 5.91 Å². The van der Waals surface area contributed by atoms with E-state index in [-0.39, 0.29) is 12.5 Å². The Labute approximate surface area is 118 Å². The summed E-state index contributed by atoms with van der Waals surface area (Å²) in [6.07, 6.45) is 5.48. The van der Waals surface area contributed by atoms with E-state index >= 15 is 0 Å². The van der Waals surface area contributed by atoms with Crippen LogP contribution in [-0.4, -0.2) is 35.1 Å². The minimum absolute atomic E-state index is 0.0214. The third-order valence-corrected chi connectivity index (χ3v) is 4.04. The van der Waals surface area contributed by atoms with Crippen molar-refractivity contribution in [3.63, 3.8) is 0 Å². The molecule has 2 aromatic rings. The van der Waals surface area contributed by atoms with Gasteiger partial charge in [-0.05, 0) is 31.7 Å². The molecule has 4 heteroatoms. The van der Waals surface area contributed by atoms with Crippen LogP contribution in [0.5, 0.6) is 0 Å². The van der Waals surface area contributed by atoms with Gasteiger partial charge in [0, 0.05) is 24.6 Å². The molecule has 1 aliphatic carbocycles. The number of furan rings is 1. The number of rotatable bonds is 5. The van der Waals surface area contributed by atoms with Gasteiger partial charge in [0.2, 0.25) is 0 Å². The largest absolute Gasteiger partial charge is 0.463 e. The number of hydrogen-bond donors (Lipinski definition) is 1. The maximum atomic E-state index is 12.7. The summed E-state index contributed by atoms with van der Waals surface area (Å²) in [4.78, 5) is 14.6. The molecule has 4 nitrogen and oxygen atoms in total. The Morgan fingerprint density at radius 3 is 2.85 bits per heavy atom. The maximum absolute atomic E-state index is 12.7. The molecule has 3 rings (SSSR count). The van der Waals surface area contributed by atoms with Gasteiger partial charge in [-0.25, -0.2) is 0 Å². The van der Waals surface area contributed by atoms with Crippen molar-refractivity contribution in [1.82, 2.24) is 4.90 Å². The van der Waals surface area contributed by atoms with Crippen molar-refractivity contribution in [2.45, 2.75) is 31.7 Å². The molecule has 1 aliphatic rings. The summed E-state index contributed by atoms with van der Waals surface area (Å²) < 4.78 is 5.46. The van der Waals surface area contributed by atoms with Crippen LogP contribution in [0.1, 0.15) is 36.0 Å². The molecule has 0 unspecified atom stereocenters. The second-order valence-corrected chi connectivity index (χ2v) is 5.31. The lowest BCUT2D eigenvalue weighted by molar-refractivity contribution is 0.0563. The summed E-state index contributed by atoms with van der Waals surface area (Å²) in [6, 6.07) is 7.92. The number of amides is 1. The van der Waals surface area contributed by atoms with Crippen molar-refractivity contribution < 1.29 is 14.3 Å². The molecule has 1 aromatic carbocycles. The van der Waals surface area contributed by atoms with Crippen LogP contribution in [0.4, 0.5) is 0 Å². The van der Waals surface area contributed by atoms with Crippen LogP contribution in [0.15, 0.2) is 34.9 Å². The molecule has 0 bridgehead atoms. The van der Waals surface area contributed by atoms with Gasteiger partial charge in [0.05, 0.1) is 5.56 Å². The topological polar surface area (TPSA) is 53.7 Å². The highest BCUT2D eigenvalue weighted by Crippen LogP contribution is 2.29. The van der Waals surface area contributed by atoms with Gasteiger partial charge in [0.15, 0.2) is 0 Å². The number of fused-ring (bicyclic) bond motifs is 1. The monoisotopic (exact) mass is 273 g/mol. The molecule has 1 heterocycles. The molecule has 1 aromatic heterocycles. The molecule has 0 aliphatic heterocycles. The molecule has 106 valence electrons. The van der Waals surface area contributed by atoms with Crippen molar-refractivity contribution in [3.8, 4) is 0 Å². The van der Waals surface area contributed by atoms with E-state index in [2.05, 4.69) is 0 Å². The Kier molecular flexibility index (Phi) is 3.74. The fourth-order valence-corrected chi connectivity index (χ4v) is 2.69. The minimum atomic E-state index is 0.0214. The van der Waals surface area contributed by atoms with Gasteiger partial charge in [-0.1, -0.05) is 18.2 Å². The zero-order valence-corrected chi connectivity index (χ0v) is 11.4. The fourth-order valence-electron chi connectivity index (χ4n) is 2.69. The molecule has 1 saturated carbocycles. The second-order valence-electron chi connectivity index (χ2n) is 5.31. The summed E-state index contributed by atoms with van der Waals surface area (Å²) in [5.74, 6) is 0.0214. The van der Waals surface area contributed by atoms with Gasteiger partial charge in [-0.2, -0.15) is 0 Å². The van der Waals surface area contributed by atoms with E-state index < -0.39 is 0 Å². The van der Waals surface area contributed by atoms with Crippen LogP contribution in [-0.2, 0) is 0 Å². The predicted octanol–water partition coefficient (Wildman–Crippen LogP) is 2.81. The first kappa shape index (κ1) is 13.2. The smallest absolute Gasteiger partial charge is 0.257 e. The lowest BCUT2D eigenvalue weighted by Gasteiger charge is -2.37. The lowest BCUT2D eigenvalue weighted by Crippen LogP contribution is -2.44. The summed E-state index contributed by atoms with van der Waals surface area (Å²) >= 11 is 0. The summed E-state index contributed by atoms with van der Waals surface area (Å²) in [7, 11) is 0. The second kappa shape index (κ2) is 5.67. The molecular formula is C16H19NO3. The van der Waals surface area contributed by atoms with Crippen molar-refractivity contribution >= 4 is 16.9 Å². The van der Waals surface area contributed by atoms with E-state index in [1.165, 1.54) is 6.42 Å². The Bertz CT molecular complexity index is 601. The van der Waals surface area contributed by atoms with Gasteiger partial charge < -0.3 is 14.4 Å². The minimum Gasteiger partial charge on any atom is -0.463 e. The van der Waals surface area contributed by atoms with E-state index in [9.17, 15) is 4.79 Å². The summed E-state index contributed by atoms with van der Waals surface area (Å²) in [6.45, 7) is 0.724. The van der Waals surface area contributed by atoms with Crippen molar-refractivity contribution in [2.24, 2.45) is 0 Å². The number of aliphatic hydroxyl groups excluding tert-OH is 1. The van der Waals surface area contributed by atoms with Crippen LogP contribution >= 0.6 is 0 Å². The normalized spacial score (nSPS) is 15.2. The highest BCUT2D eigenvalue weighted by atomic mass is 16.3. The third-order valence-electron chi connectivity index (χ3n) is 4.04. The summed E-state index contributed by atoms with van der Waals surface area (Å²) in [5.41, 5.74) is 1.37. The third kappa shape index (κ3) is 2.31. The predicted molar refractivity (Wildman–Crippen MR) is 76.6 cm³/mol. The molecule has 1 fully saturated rings. The number of nitrogens with zero attached hydrogens (tertiary/aromatic N) is 1. The molecule has 1 amide bonds. The first-order chi connectivity index (χ1) is 9.81. The molecule has 0 atom stereocenters. The summed E-state index contributed by atoms with van der Waals surface area (Å²) in [5, 5.41) is 9.88. The molecule has 0 saturated heterocycles. The maximum Gasteiger partial charge on any atom is 0.257 e. The Hall–Kier alpha value is -1.81. The zero-order chi connectivity index (χ0) is 13.9. The molecular weight excluding hydrogens is 254 g/mol. The molecule has 1 N–H and O–H groups in total. The van der Waals surface area contributed by atoms with Gasteiger partial charge in [-0.3, -0.25) is 4.79 Å². The van der Waals surface area contributed by atoms with Crippen LogP contribution in [0, 0.1) is 0 Å². The molecule has 0 spiro atoms. The van der Waals surface area contributed by atoms with E-state index in [0.717, 1.165) is 23.8 Å². The molecule has 20 heavy (non-hydrogen) atoms. The quantitative estimate of drug-likeness (QED) is 0.911. The van der Waals surface area contributed by atoms with Gasteiger partial charge >= 0.3 is 0 Å². The van der Waals surface area contributed by atoms with Crippen LogP contribution in [0.3, 0.4) is 0 Å². The Morgan fingerprint density at radius 2 is 2.15 bits per heavy atom. The fraction of sp³-hybridized carbons (Fsp3) is 0.438. The van der Waals surface area contributed by atoms with Crippen LogP contribution in [0.25, 0.3) is 11.0 Å². The van der Waals surface area contributed by atoms with Gasteiger partial charge in [0.1, 0.15) is 11.8 Å². The first-order valence-corrected chi connectivity index (χ1v) is 7.19. The Morgan fingerprint density at radius 1 is 1.35 bits per heavy atom. The SMILES string of the molecule is O=C(c1coc2ccccc12)N(CCCO)C1CCC1. The Balaban J connectivity index is 1.88. The zero-order valence-electron chi connectivity index (χ0n) is 11.4.